The van der Waals surface area contributed by atoms with Crippen molar-refractivity contribution in [2.45, 2.75) is 32.1 Å². The largest absolute Gasteiger partial charge is 0.388 e. The molecule has 2 aliphatic rings. The van der Waals surface area contributed by atoms with Crippen molar-refractivity contribution in [1.82, 2.24) is 10.2 Å². The molecule has 1 saturated heterocycles. The quantitative estimate of drug-likeness (QED) is 0.580. The summed E-state index contributed by atoms with van der Waals surface area (Å²) in [7, 11) is 0. The Balaban J connectivity index is 1.75. The van der Waals surface area contributed by atoms with Gasteiger partial charge >= 0.3 is 0 Å². The molecule has 1 aliphatic heterocycles. The van der Waals surface area contributed by atoms with Gasteiger partial charge in [-0.1, -0.05) is 12.2 Å². The zero-order valence-corrected chi connectivity index (χ0v) is 12.7. The first-order valence-electron chi connectivity index (χ1n) is 6.58. The molecule has 0 aromatic rings. The fourth-order valence-electron chi connectivity index (χ4n) is 2.55. The lowest BCUT2D eigenvalue weighted by molar-refractivity contribution is -0.125. The number of hydrogen-bond acceptors (Lipinski definition) is 4. The number of hydrogen-bond donors (Lipinski definition) is 2. The van der Waals surface area contributed by atoms with E-state index in [2.05, 4.69) is 23.5 Å². The molecule has 18 heavy (non-hydrogen) atoms. The molecular formula is C13H21IN2O2. The van der Waals surface area contributed by atoms with E-state index < -0.39 is 6.41 Å². The second-order valence-electron chi connectivity index (χ2n) is 4.96. The van der Waals surface area contributed by atoms with Crippen molar-refractivity contribution in [3.63, 3.8) is 0 Å². The van der Waals surface area contributed by atoms with Crippen LogP contribution in [0.4, 0.5) is 0 Å². The Bertz CT molecular complexity index is 320. The maximum absolute atomic E-state index is 9.67. The zero-order valence-electron chi connectivity index (χ0n) is 10.5. The summed E-state index contributed by atoms with van der Waals surface area (Å²) < 4.78 is 4.94. The summed E-state index contributed by atoms with van der Waals surface area (Å²) >= 11 is 1.76. The normalized spacial score (nSPS) is 26.8. The van der Waals surface area contributed by atoms with Crippen molar-refractivity contribution in [3.8, 4) is 0 Å². The van der Waals surface area contributed by atoms with E-state index in [1.807, 2.05) is 4.90 Å². The van der Waals surface area contributed by atoms with Crippen LogP contribution in [0, 0.1) is 5.92 Å². The van der Waals surface area contributed by atoms with Crippen LogP contribution >= 0.6 is 23.0 Å². The van der Waals surface area contributed by atoms with Crippen molar-refractivity contribution < 1.29 is 8.17 Å². The van der Waals surface area contributed by atoms with Crippen LogP contribution in [-0.2, 0) is 3.07 Å². The molecule has 102 valence electrons. The van der Waals surface area contributed by atoms with Crippen LogP contribution in [0.3, 0.4) is 0 Å². The first-order valence-corrected chi connectivity index (χ1v) is 7.47. The molecule has 0 aromatic heterocycles. The van der Waals surface area contributed by atoms with Crippen LogP contribution in [0.15, 0.2) is 23.9 Å². The Kier molecular flexibility index (Phi) is 5.94. The van der Waals surface area contributed by atoms with Gasteiger partial charge in [0.05, 0.1) is 0 Å². The van der Waals surface area contributed by atoms with E-state index in [0.29, 0.717) is 5.92 Å². The minimum atomic E-state index is -0.759. The monoisotopic (exact) mass is 364 g/mol. The molecule has 0 saturated carbocycles. The molecule has 1 unspecified atom stereocenters. The van der Waals surface area contributed by atoms with E-state index in [9.17, 15) is 5.11 Å². The Morgan fingerprint density at radius 3 is 3.22 bits per heavy atom. The molecule has 1 fully saturated rings. The van der Waals surface area contributed by atoms with Gasteiger partial charge in [-0.2, -0.15) is 0 Å². The predicted molar refractivity (Wildman–Crippen MR) is 79.9 cm³/mol. The van der Waals surface area contributed by atoms with E-state index in [4.69, 9.17) is 3.07 Å². The molecule has 2 atom stereocenters. The van der Waals surface area contributed by atoms with Gasteiger partial charge in [0.15, 0.2) is 0 Å². The fourth-order valence-corrected chi connectivity index (χ4v) is 2.87. The van der Waals surface area contributed by atoms with E-state index in [-0.39, 0.29) is 0 Å². The maximum Gasteiger partial charge on any atom is 0.226 e. The SMILES string of the molecule is OC(OI)N1CCC[C@@H](CNC2=CC=CCC2)C1. The van der Waals surface area contributed by atoms with Gasteiger partial charge in [-0.15, -0.1) is 0 Å². The number of aliphatic hydroxyl groups excluding tert-OH is 1. The average Bonchev–Trinajstić information content (AvgIpc) is 2.45. The molecule has 5 heteroatoms. The van der Waals surface area contributed by atoms with Crippen molar-refractivity contribution in [2.24, 2.45) is 5.92 Å². The van der Waals surface area contributed by atoms with Crippen LogP contribution in [0.5, 0.6) is 0 Å². The number of rotatable bonds is 5. The molecule has 2 N–H and O–H groups in total. The zero-order chi connectivity index (χ0) is 12.8. The topological polar surface area (TPSA) is 44.7 Å². The maximum atomic E-state index is 9.67. The minimum absolute atomic E-state index is 0.590. The summed E-state index contributed by atoms with van der Waals surface area (Å²) in [6.45, 7) is 2.82. The minimum Gasteiger partial charge on any atom is -0.388 e. The number of piperidine rings is 1. The number of nitrogens with one attached hydrogen (secondary N) is 1. The summed E-state index contributed by atoms with van der Waals surface area (Å²) in [6.07, 6.45) is 10.3. The van der Waals surface area contributed by atoms with Gasteiger partial charge in [0.1, 0.15) is 23.0 Å². The van der Waals surface area contributed by atoms with E-state index in [0.717, 1.165) is 38.9 Å². The number of allylic oxidation sites excluding steroid dienone is 4. The van der Waals surface area contributed by atoms with Gasteiger partial charge < -0.3 is 10.4 Å². The molecule has 2 rings (SSSR count). The predicted octanol–water partition coefficient (Wildman–Crippen LogP) is 2.16. The summed E-state index contributed by atoms with van der Waals surface area (Å²) in [5.41, 5.74) is 1.33. The van der Waals surface area contributed by atoms with Crippen LogP contribution in [0.25, 0.3) is 0 Å². The lowest BCUT2D eigenvalue weighted by Crippen LogP contribution is -2.45. The molecule has 0 spiro atoms. The highest BCUT2D eigenvalue weighted by atomic mass is 127. The van der Waals surface area contributed by atoms with Gasteiger partial charge in [-0.25, -0.2) is 0 Å². The molecule has 1 heterocycles. The summed E-state index contributed by atoms with van der Waals surface area (Å²) in [4.78, 5) is 2.00. The first-order chi connectivity index (χ1) is 8.79. The highest BCUT2D eigenvalue weighted by Crippen LogP contribution is 2.19. The smallest absolute Gasteiger partial charge is 0.226 e. The Hall–Kier alpha value is -0.110. The second kappa shape index (κ2) is 7.47. The summed E-state index contributed by atoms with van der Waals surface area (Å²) in [5.74, 6) is 0.590. The molecule has 4 nitrogen and oxygen atoms in total. The molecule has 0 radical (unpaired) electrons. The van der Waals surface area contributed by atoms with Crippen molar-refractivity contribution in [1.29, 1.82) is 0 Å². The van der Waals surface area contributed by atoms with Gasteiger partial charge in [0.2, 0.25) is 6.41 Å². The average molecular weight is 364 g/mol. The molecular weight excluding hydrogens is 343 g/mol. The number of aliphatic hydroxyl groups is 1. The van der Waals surface area contributed by atoms with E-state index >= 15 is 0 Å². The lowest BCUT2D eigenvalue weighted by atomic mass is 9.98. The fraction of sp³-hybridized carbons (Fsp3) is 0.692. The number of nitrogens with zero attached hydrogens (tertiary/aromatic N) is 1. The third kappa shape index (κ3) is 4.22. The van der Waals surface area contributed by atoms with Crippen LogP contribution in [0.1, 0.15) is 25.7 Å². The third-order valence-corrected chi connectivity index (χ3v) is 4.03. The second-order valence-corrected chi connectivity index (χ2v) is 5.47. The highest BCUT2D eigenvalue weighted by molar-refractivity contribution is 14.1. The van der Waals surface area contributed by atoms with Gasteiger partial charge in [0.25, 0.3) is 0 Å². The van der Waals surface area contributed by atoms with Crippen molar-refractivity contribution >= 4 is 23.0 Å². The summed E-state index contributed by atoms with van der Waals surface area (Å²) in [5, 5.41) is 13.2. The Morgan fingerprint density at radius 1 is 1.61 bits per heavy atom. The van der Waals surface area contributed by atoms with Crippen LogP contribution < -0.4 is 5.32 Å². The molecule has 0 aromatic carbocycles. The first kappa shape index (κ1) is 14.3. The van der Waals surface area contributed by atoms with Crippen LogP contribution in [-0.4, -0.2) is 36.1 Å². The Morgan fingerprint density at radius 2 is 2.50 bits per heavy atom. The van der Waals surface area contributed by atoms with Gasteiger partial charge in [-0.05, 0) is 37.7 Å². The summed E-state index contributed by atoms with van der Waals surface area (Å²) in [6, 6.07) is 0. The number of likely N-dealkylation sites (tertiary alicyclic amines) is 1. The third-order valence-electron chi connectivity index (χ3n) is 3.57. The van der Waals surface area contributed by atoms with E-state index in [1.54, 1.807) is 23.0 Å². The lowest BCUT2D eigenvalue weighted by Gasteiger charge is -2.34. The molecule has 1 aliphatic carbocycles. The molecule has 0 amide bonds. The van der Waals surface area contributed by atoms with Crippen molar-refractivity contribution in [3.05, 3.63) is 23.9 Å². The van der Waals surface area contributed by atoms with Crippen LogP contribution in [0.2, 0.25) is 0 Å². The molecule has 0 bridgehead atoms. The van der Waals surface area contributed by atoms with Gasteiger partial charge in [0, 0.05) is 25.3 Å². The van der Waals surface area contributed by atoms with Crippen molar-refractivity contribution in [2.75, 3.05) is 19.6 Å². The van der Waals surface area contributed by atoms with Gasteiger partial charge in [-0.3, -0.25) is 7.97 Å². The Labute approximate surface area is 123 Å². The standard InChI is InChI=1S/C13H21IN2O2/c14-18-13(17)16-8-4-5-11(10-16)9-15-12-6-2-1-3-7-12/h1-2,6,11,13,15,17H,3-5,7-10H2/t11-,13?/m0/s1. The highest BCUT2D eigenvalue weighted by Gasteiger charge is 2.24. The van der Waals surface area contributed by atoms with E-state index in [1.165, 1.54) is 12.1 Å². The number of halogens is 1.